The second kappa shape index (κ2) is 4.97. The molecule has 1 atom stereocenters. The maximum atomic E-state index is 11.5. The van der Waals surface area contributed by atoms with Gasteiger partial charge in [-0.15, -0.1) is 0 Å². The van der Waals surface area contributed by atoms with Crippen LogP contribution in [0.4, 0.5) is 0 Å². The number of carboxylic acid groups (broad SMARTS) is 1. The van der Waals surface area contributed by atoms with Gasteiger partial charge in [0.05, 0.1) is 23.2 Å². The van der Waals surface area contributed by atoms with Crippen LogP contribution in [0.15, 0.2) is 6.08 Å². The van der Waals surface area contributed by atoms with Gasteiger partial charge < -0.3 is 5.11 Å². The van der Waals surface area contributed by atoms with Gasteiger partial charge in [0.1, 0.15) is 5.15 Å². The third-order valence-corrected chi connectivity index (χ3v) is 5.14. The van der Waals surface area contributed by atoms with E-state index >= 15 is 0 Å². The van der Waals surface area contributed by atoms with E-state index in [1.54, 1.807) is 6.92 Å². The van der Waals surface area contributed by atoms with E-state index < -0.39 is 15.8 Å². The Bertz CT molecular complexity index is 648. The van der Waals surface area contributed by atoms with Crippen LogP contribution >= 0.6 is 11.6 Å². The fraction of sp³-hybridized carbons (Fsp3) is 0.455. The zero-order valence-electron chi connectivity index (χ0n) is 10.2. The molecule has 0 spiro atoms. The van der Waals surface area contributed by atoms with Gasteiger partial charge in [-0.05, 0) is 19.4 Å². The molecule has 6 nitrogen and oxygen atoms in total. The van der Waals surface area contributed by atoms with Crippen LogP contribution in [0.3, 0.4) is 0 Å². The predicted molar refractivity (Wildman–Crippen MR) is 71.0 cm³/mol. The lowest BCUT2D eigenvalue weighted by Gasteiger charge is -2.09. The minimum atomic E-state index is -3.02. The van der Waals surface area contributed by atoms with Crippen LogP contribution in [-0.2, 0) is 14.6 Å². The van der Waals surface area contributed by atoms with Gasteiger partial charge >= 0.3 is 5.97 Å². The monoisotopic (exact) mass is 304 g/mol. The lowest BCUT2D eigenvalue weighted by Crippen LogP contribution is -2.12. The van der Waals surface area contributed by atoms with Gasteiger partial charge in [-0.25, -0.2) is 17.9 Å². The van der Waals surface area contributed by atoms with Gasteiger partial charge in [0.2, 0.25) is 0 Å². The Morgan fingerprint density at radius 1 is 1.58 bits per heavy atom. The van der Waals surface area contributed by atoms with Crippen LogP contribution < -0.4 is 0 Å². The number of hydrogen-bond donors (Lipinski definition) is 1. The number of aromatic nitrogens is 2. The first-order chi connectivity index (χ1) is 8.80. The fourth-order valence-electron chi connectivity index (χ4n) is 2.09. The number of aryl methyl sites for hydroxylation is 1. The first-order valence-electron chi connectivity index (χ1n) is 5.66. The number of aliphatic carboxylic acids is 1. The van der Waals surface area contributed by atoms with Crippen molar-refractivity contribution in [1.82, 2.24) is 9.78 Å². The standard InChI is InChI=1S/C11H13ClN2O4S/c1-7-9(2-3-10(15)16)11(12)14(13-7)8-4-5-19(17,18)6-8/h2-3,8H,4-6H2,1H3,(H,15,16)/b3-2+/t8-/m1/s1. The third-order valence-electron chi connectivity index (χ3n) is 3.02. The Kier molecular flexibility index (Phi) is 3.69. The lowest BCUT2D eigenvalue weighted by molar-refractivity contribution is -0.131. The molecule has 8 heteroatoms. The summed E-state index contributed by atoms with van der Waals surface area (Å²) in [6.07, 6.45) is 2.82. The van der Waals surface area contributed by atoms with Crippen molar-refractivity contribution in [3.05, 3.63) is 22.5 Å². The second-order valence-corrected chi connectivity index (χ2v) is 7.05. The lowest BCUT2D eigenvalue weighted by atomic mass is 10.2. The van der Waals surface area contributed by atoms with E-state index in [0.717, 1.165) is 6.08 Å². The molecule has 0 aromatic carbocycles. The molecule has 0 saturated carbocycles. The summed E-state index contributed by atoms with van der Waals surface area (Å²) < 4.78 is 24.4. The Morgan fingerprint density at radius 3 is 2.79 bits per heavy atom. The molecule has 1 aliphatic rings. The largest absolute Gasteiger partial charge is 0.478 e. The van der Waals surface area contributed by atoms with Crippen molar-refractivity contribution in [3.8, 4) is 0 Å². The molecule has 0 radical (unpaired) electrons. The molecule has 0 unspecified atom stereocenters. The maximum Gasteiger partial charge on any atom is 0.328 e. The third kappa shape index (κ3) is 2.98. The average Bonchev–Trinajstić information content (AvgIpc) is 2.77. The predicted octanol–water partition coefficient (Wildman–Crippen LogP) is 1.30. The van der Waals surface area contributed by atoms with Crippen LogP contribution in [0.2, 0.25) is 5.15 Å². The molecule has 104 valence electrons. The first-order valence-corrected chi connectivity index (χ1v) is 7.86. The van der Waals surface area contributed by atoms with E-state index in [-0.39, 0.29) is 22.7 Å². The van der Waals surface area contributed by atoms with Gasteiger partial charge in [-0.2, -0.15) is 5.10 Å². The number of carbonyl (C=O) groups is 1. The summed E-state index contributed by atoms with van der Waals surface area (Å²) in [6.45, 7) is 1.70. The molecule has 0 amide bonds. The summed E-state index contributed by atoms with van der Waals surface area (Å²) in [7, 11) is -3.02. The van der Waals surface area contributed by atoms with Crippen molar-refractivity contribution < 1.29 is 18.3 Å². The summed E-state index contributed by atoms with van der Waals surface area (Å²) in [5, 5.41) is 13.1. The average molecular weight is 305 g/mol. The maximum absolute atomic E-state index is 11.5. The summed E-state index contributed by atoms with van der Waals surface area (Å²) >= 11 is 6.15. The van der Waals surface area contributed by atoms with Gasteiger partial charge in [0.25, 0.3) is 0 Å². The minimum Gasteiger partial charge on any atom is -0.478 e. The smallest absolute Gasteiger partial charge is 0.328 e. The van der Waals surface area contributed by atoms with E-state index in [2.05, 4.69) is 5.10 Å². The summed E-state index contributed by atoms with van der Waals surface area (Å²) in [5.74, 6) is -0.921. The number of carboxylic acids is 1. The number of nitrogens with zero attached hydrogens (tertiary/aromatic N) is 2. The van der Waals surface area contributed by atoms with E-state index in [1.807, 2.05) is 0 Å². The van der Waals surface area contributed by atoms with Gasteiger partial charge in [0, 0.05) is 11.6 Å². The van der Waals surface area contributed by atoms with Crippen molar-refractivity contribution in [3.63, 3.8) is 0 Å². The summed E-state index contributed by atoms with van der Waals surface area (Å²) in [4.78, 5) is 10.5. The Morgan fingerprint density at radius 2 is 2.26 bits per heavy atom. The SMILES string of the molecule is Cc1nn([C@@H]2CCS(=O)(=O)C2)c(Cl)c1/C=C/C(=O)O. The number of halogens is 1. The quantitative estimate of drug-likeness (QED) is 0.850. The van der Waals surface area contributed by atoms with Crippen LogP contribution in [0.5, 0.6) is 0 Å². The molecule has 1 aliphatic heterocycles. The highest BCUT2D eigenvalue weighted by molar-refractivity contribution is 7.91. The van der Waals surface area contributed by atoms with Crippen LogP contribution in [0, 0.1) is 6.92 Å². The molecule has 1 aromatic heterocycles. The topological polar surface area (TPSA) is 89.3 Å². The van der Waals surface area contributed by atoms with Crippen molar-refractivity contribution in [2.45, 2.75) is 19.4 Å². The van der Waals surface area contributed by atoms with Crippen LogP contribution in [-0.4, -0.2) is 40.8 Å². The Labute approximate surface area is 115 Å². The molecular formula is C11H13ClN2O4S. The molecule has 2 rings (SSSR count). The Balaban J connectivity index is 2.34. The molecule has 1 saturated heterocycles. The normalized spacial score (nSPS) is 22.1. The van der Waals surface area contributed by atoms with Gasteiger partial charge in [0.15, 0.2) is 9.84 Å². The number of rotatable bonds is 3. The number of hydrogen-bond acceptors (Lipinski definition) is 4. The molecule has 1 aromatic rings. The van der Waals surface area contributed by atoms with Crippen LogP contribution in [0.1, 0.15) is 23.7 Å². The van der Waals surface area contributed by atoms with Gasteiger partial charge in [-0.3, -0.25) is 0 Å². The van der Waals surface area contributed by atoms with Crippen molar-refractivity contribution >= 4 is 33.5 Å². The zero-order valence-corrected chi connectivity index (χ0v) is 11.8. The van der Waals surface area contributed by atoms with E-state index in [4.69, 9.17) is 16.7 Å². The Hall–Kier alpha value is -1.34. The zero-order chi connectivity index (χ0) is 14.2. The highest BCUT2D eigenvalue weighted by Gasteiger charge is 2.31. The van der Waals surface area contributed by atoms with Crippen LogP contribution in [0.25, 0.3) is 6.08 Å². The first kappa shape index (κ1) is 14.1. The molecule has 1 N–H and O–H groups in total. The molecule has 19 heavy (non-hydrogen) atoms. The van der Waals surface area contributed by atoms with Crippen molar-refractivity contribution in [2.24, 2.45) is 0 Å². The molecule has 2 heterocycles. The number of sulfone groups is 1. The highest BCUT2D eigenvalue weighted by atomic mass is 35.5. The van der Waals surface area contributed by atoms with Crippen molar-refractivity contribution in [1.29, 1.82) is 0 Å². The van der Waals surface area contributed by atoms with E-state index in [0.29, 0.717) is 17.7 Å². The summed E-state index contributed by atoms with van der Waals surface area (Å²) in [5.41, 5.74) is 1.08. The fourth-order valence-corrected chi connectivity index (χ4v) is 4.15. The van der Waals surface area contributed by atoms with Crippen molar-refractivity contribution in [2.75, 3.05) is 11.5 Å². The minimum absolute atomic E-state index is 0.0237. The second-order valence-electron chi connectivity index (χ2n) is 4.46. The molecule has 0 bridgehead atoms. The highest BCUT2D eigenvalue weighted by Crippen LogP contribution is 2.30. The summed E-state index contributed by atoms with van der Waals surface area (Å²) in [6, 6.07) is -0.275. The molecule has 0 aliphatic carbocycles. The van der Waals surface area contributed by atoms with E-state index in [1.165, 1.54) is 10.8 Å². The molecule has 1 fully saturated rings. The van der Waals surface area contributed by atoms with Gasteiger partial charge in [-0.1, -0.05) is 11.6 Å². The molecular weight excluding hydrogens is 292 g/mol. The van der Waals surface area contributed by atoms with E-state index in [9.17, 15) is 13.2 Å².